The van der Waals surface area contributed by atoms with Crippen LogP contribution in [0, 0.1) is 6.92 Å². The molecule has 0 unspecified atom stereocenters. The lowest BCUT2D eigenvalue weighted by atomic mass is 10.0. The van der Waals surface area contributed by atoms with Gasteiger partial charge in [-0.05, 0) is 32.0 Å². The number of carbonyl (C=O) groups is 1. The molecule has 1 N–H and O–H groups in total. The zero-order chi connectivity index (χ0) is 17.6. The summed E-state index contributed by atoms with van der Waals surface area (Å²) in [6.07, 6.45) is 0. The predicted octanol–water partition coefficient (Wildman–Crippen LogP) is 4.28. The van der Waals surface area contributed by atoms with Crippen LogP contribution in [-0.4, -0.2) is 25.6 Å². The highest BCUT2D eigenvalue weighted by molar-refractivity contribution is 6.04. The van der Waals surface area contributed by atoms with E-state index in [0.29, 0.717) is 16.7 Å². The summed E-state index contributed by atoms with van der Waals surface area (Å²) < 4.78 is 2.17. The maximum Gasteiger partial charge on any atom is 0.356 e. The smallest absolute Gasteiger partial charge is 0.356 e. The molecule has 0 amide bonds. The molecule has 4 aromatic rings. The second-order valence-corrected chi connectivity index (χ2v) is 5.94. The fourth-order valence-electron chi connectivity index (χ4n) is 3.46. The molecule has 2 heterocycles. The highest BCUT2D eigenvalue weighted by Crippen LogP contribution is 2.35. The van der Waals surface area contributed by atoms with Gasteiger partial charge >= 0.3 is 5.97 Å². The van der Waals surface area contributed by atoms with Gasteiger partial charge in [0, 0.05) is 28.7 Å². The lowest BCUT2D eigenvalue weighted by molar-refractivity contribution is 0.0691. The molecule has 0 bridgehead atoms. The molecule has 0 aliphatic carbocycles. The molecule has 124 valence electrons. The normalized spacial score (nSPS) is 11.3. The molecular formula is C20H17N3O2. The van der Waals surface area contributed by atoms with Gasteiger partial charge in [0.1, 0.15) is 5.69 Å². The number of aromatic carboxylic acids is 1. The summed E-state index contributed by atoms with van der Waals surface area (Å²) in [4.78, 5) is 20.9. The Bertz CT molecular complexity index is 1130. The van der Waals surface area contributed by atoms with Gasteiger partial charge < -0.3 is 9.67 Å². The number of hydrogen-bond donors (Lipinski definition) is 1. The van der Waals surface area contributed by atoms with Crippen molar-refractivity contribution in [3.05, 3.63) is 59.9 Å². The SMILES string of the molecule is CCn1c(C)c(-c2nc3ccccc3nc2C(=O)O)c2ccccc21. The van der Waals surface area contributed by atoms with Gasteiger partial charge in [-0.2, -0.15) is 0 Å². The maximum atomic E-state index is 11.9. The number of aryl methyl sites for hydroxylation is 1. The summed E-state index contributed by atoms with van der Waals surface area (Å²) in [7, 11) is 0. The van der Waals surface area contributed by atoms with Gasteiger partial charge in [-0.15, -0.1) is 0 Å². The Kier molecular flexibility index (Phi) is 3.50. The molecular weight excluding hydrogens is 314 g/mol. The van der Waals surface area contributed by atoms with Crippen LogP contribution in [0.15, 0.2) is 48.5 Å². The third kappa shape index (κ3) is 2.28. The van der Waals surface area contributed by atoms with Gasteiger partial charge in [0.2, 0.25) is 0 Å². The van der Waals surface area contributed by atoms with Crippen LogP contribution in [-0.2, 0) is 6.54 Å². The molecule has 0 spiro atoms. The van der Waals surface area contributed by atoms with E-state index in [1.54, 1.807) is 6.07 Å². The van der Waals surface area contributed by atoms with Crippen LogP contribution < -0.4 is 0 Å². The first-order valence-electron chi connectivity index (χ1n) is 8.20. The molecule has 25 heavy (non-hydrogen) atoms. The number of para-hydroxylation sites is 3. The third-order valence-electron chi connectivity index (χ3n) is 4.56. The van der Waals surface area contributed by atoms with E-state index >= 15 is 0 Å². The number of hydrogen-bond acceptors (Lipinski definition) is 3. The Hall–Kier alpha value is -3.21. The summed E-state index contributed by atoms with van der Waals surface area (Å²) in [5, 5.41) is 10.7. The van der Waals surface area contributed by atoms with Crippen molar-refractivity contribution in [2.75, 3.05) is 0 Å². The quantitative estimate of drug-likeness (QED) is 0.608. The second kappa shape index (κ2) is 5.70. The number of carboxylic acids is 1. The molecule has 5 heteroatoms. The van der Waals surface area contributed by atoms with Crippen LogP contribution in [0.2, 0.25) is 0 Å². The first-order valence-corrected chi connectivity index (χ1v) is 8.20. The Morgan fingerprint density at radius 2 is 1.68 bits per heavy atom. The Labute approximate surface area is 144 Å². The van der Waals surface area contributed by atoms with Gasteiger partial charge in [0.15, 0.2) is 5.69 Å². The van der Waals surface area contributed by atoms with Crippen molar-refractivity contribution in [3.63, 3.8) is 0 Å². The first kappa shape index (κ1) is 15.3. The van der Waals surface area contributed by atoms with Crippen molar-refractivity contribution >= 4 is 27.9 Å². The molecule has 0 saturated carbocycles. The molecule has 0 aliphatic rings. The van der Waals surface area contributed by atoms with E-state index in [0.717, 1.165) is 28.7 Å². The van der Waals surface area contributed by atoms with E-state index in [1.807, 2.05) is 49.4 Å². The van der Waals surface area contributed by atoms with Gasteiger partial charge in [-0.1, -0.05) is 30.3 Å². The number of rotatable bonds is 3. The minimum absolute atomic E-state index is 0.0131. The summed E-state index contributed by atoms with van der Waals surface area (Å²) in [5.41, 5.74) is 4.59. The Morgan fingerprint density at radius 1 is 1.04 bits per heavy atom. The van der Waals surface area contributed by atoms with Gasteiger partial charge in [0.25, 0.3) is 0 Å². The molecule has 0 aliphatic heterocycles. The number of nitrogens with zero attached hydrogens (tertiary/aromatic N) is 3. The number of carboxylic acid groups (broad SMARTS) is 1. The van der Waals surface area contributed by atoms with Crippen molar-refractivity contribution < 1.29 is 9.90 Å². The number of benzene rings is 2. The highest BCUT2D eigenvalue weighted by Gasteiger charge is 2.23. The second-order valence-electron chi connectivity index (χ2n) is 5.94. The van der Waals surface area contributed by atoms with E-state index in [2.05, 4.69) is 21.5 Å². The van der Waals surface area contributed by atoms with Crippen LogP contribution >= 0.6 is 0 Å². The van der Waals surface area contributed by atoms with E-state index in [9.17, 15) is 9.90 Å². The zero-order valence-electron chi connectivity index (χ0n) is 14.0. The molecule has 4 rings (SSSR count). The van der Waals surface area contributed by atoms with Crippen LogP contribution in [0.3, 0.4) is 0 Å². The van der Waals surface area contributed by atoms with Crippen LogP contribution in [0.4, 0.5) is 0 Å². The Morgan fingerprint density at radius 3 is 2.36 bits per heavy atom. The topological polar surface area (TPSA) is 68.0 Å². The lowest BCUT2D eigenvalue weighted by Crippen LogP contribution is -2.06. The summed E-state index contributed by atoms with van der Waals surface area (Å²) in [6.45, 7) is 4.88. The van der Waals surface area contributed by atoms with Crippen LogP contribution in [0.1, 0.15) is 23.1 Å². The average Bonchev–Trinajstić information content (AvgIpc) is 2.91. The lowest BCUT2D eigenvalue weighted by Gasteiger charge is -2.08. The molecule has 2 aromatic heterocycles. The largest absolute Gasteiger partial charge is 0.476 e. The predicted molar refractivity (Wildman–Crippen MR) is 97.8 cm³/mol. The van der Waals surface area contributed by atoms with Crippen molar-refractivity contribution in [2.24, 2.45) is 0 Å². The molecule has 0 atom stereocenters. The minimum Gasteiger partial charge on any atom is -0.476 e. The molecule has 0 radical (unpaired) electrons. The molecule has 0 fully saturated rings. The highest BCUT2D eigenvalue weighted by atomic mass is 16.4. The fourth-order valence-corrected chi connectivity index (χ4v) is 3.46. The van der Waals surface area contributed by atoms with Crippen molar-refractivity contribution in [2.45, 2.75) is 20.4 Å². The first-order chi connectivity index (χ1) is 12.1. The third-order valence-corrected chi connectivity index (χ3v) is 4.56. The minimum atomic E-state index is -1.07. The van der Waals surface area contributed by atoms with Gasteiger partial charge in [0.05, 0.1) is 11.0 Å². The zero-order valence-corrected chi connectivity index (χ0v) is 14.0. The van der Waals surface area contributed by atoms with Crippen LogP contribution in [0.25, 0.3) is 33.2 Å². The summed E-state index contributed by atoms with van der Waals surface area (Å²) >= 11 is 0. The summed E-state index contributed by atoms with van der Waals surface area (Å²) in [6, 6.07) is 15.3. The summed E-state index contributed by atoms with van der Waals surface area (Å²) in [5.74, 6) is -1.07. The van der Waals surface area contributed by atoms with Crippen LogP contribution in [0.5, 0.6) is 0 Å². The van der Waals surface area contributed by atoms with E-state index in [-0.39, 0.29) is 5.69 Å². The molecule has 5 nitrogen and oxygen atoms in total. The van der Waals surface area contributed by atoms with E-state index < -0.39 is 5.97 Å². The molecule has 0 saturated heterocycles. The van der Waals surface area contributed by atoms with E-state index in [4.69, 9.17) is 0 Å². The maximum absolute atomic E-state index is 11.9. The molecule has 2 aromatic carbocycles. The fraction of sp³-hybridized carbons (Fsp3) is 0.150. The standard InChI is InChI=1S/C20H17N3O2/c1-3-23-12(2)17(13-8-4-7-11-16(13)23)18-19(20(24)25)22-15-10-6-5-9-14(15)21-18/h4-11H,3H2,1-2H3,(H,24,25). The average molecular weight is 331 g/mol. The van der Waals surface area contributed by atoms with Crippen molar-refractivity contribution in [1.29, 1.82) is 0 Å². The Balaban J connectivity index is 2.15. The van der Waals surface area contributed by atoms with E-state index in [1.165, 1.54) is 0 Å². The van der Waals surface area contributed by atoms with Crippen molar-refractivity contribution in [3.8, 4) is 11.3 Å². The van der Waals surface area contributed by atoms with Crippen molar-refractivity contribution in [1.82, 2.24) is 14.5 Å². The monoisotopic (exact) mass is 331 g/mol. The number of fused-ring (bicyclic) bond motifs is 2. The number of aromatic nitrogens is 3. The van der Waals surface area contributed by atoms with Gasteiger partial charge in [-0.3, -0.25) is 0 Å². The van der Waals surface area contributed by atoms with Gasteiger partial charge in [-0.25, -0.2) is 14.8 Å².